The highest BCUT2D eigenvalue weighted by Gasteiger charge is 2.09. The van der Waals surface area contributed by atoms with Crippen molar-refractivity contribution in [3.05, 3.63) is 95.3 Å². The summed E-state index contributed by atoms with van der Waals surface area (Å²) in [7, 11) is 0. The van der Waals surface area contributed by atoms with Gasteiger partial charge in [0.1, 0.15) is 11.6 Å². The van der Waals surface area contributed by atoms with Crippen molar-refractivity contribution in [2.75, 3.05) is 11.9 Å². The van der Waals surface area contributed by atoms with Crippen LogP contribution in [0.2, 0.25) is 0 Å². The summed E-state index contributed by atoms with van der Waals surface area (Å²) in [5.41, 5.74) is 2.29. The van der Waals surface area contributed by atoms with Gasteiger partial charge in [-0.1, -0.05) is 18.2 Å². The first-order chi connectivity index (χ1) is 14.0. The molecule has 0 unspecified atom stereocenters. The lowest BCUT2D eigenvalue weighted by Crippen LogP contribution is -2.23. The lowest BCUT2D eigenvalue weighted by atomic mass is 10.1. The summed E-state index contributed by atoms with van der Waals surface area (Å²) < 4.78 is 18.4. The highest BCUT2D eigenvalue weighted by atomic mass is 19.1. The zero-order chi connectivity index (χ0) is 20.6. The van der Waals surface area contributed by atoms with E-state index < -0.39 is 5.82 Å². The van der Waals surface area contributed by atoms with Crippen LogP contribution < -0.4 is 15.4 Å². The molecule has 148 valence electrons. The first-order valence-corrected chi connectivity index (χ1v) is 9.22. The predicted octanol–water partition coefficient (Wildman–Crippen LogP) is 4.41. The third-order valence-electron chi connectivity index (χ3n) is 4.15. The number of carbonyl (C=O) groups is 2. The fourth-order valence-corrected chi connectivity index (χ4v) is 2.74. The topological polar surface area (TPSA) is 67.4 Å². The van der Waals surface area contributed by atoms with Crippen molar-refractivity contribution < 1.29 is 18.7 Å². The van der Waals surface area contributed by atoms with E-state index in [4.69, 9.17) is 4.74 Å². The number of benzene rings is 3. The summed E-state index contributed by atoms with van der Waals surface area (Å²) in [5.74, 6) is -0.303. The van der Waals surface area contributed by atoms with Gasteiger partial charge >= 0.3 is 0 Å². The molecule has 5 nitrogen and oxygen atoms in total. The van der Waals surface area contributed by atoms with Crippen LogP contribution in [0.5, 0.6) is 5.75 Å². The Bertz CT molecular complexity index is 1000. The van der Waals surface area contributed by atoms with Crippen LogP contribution in [0.4, 0.5) is 10.1 Å². The number of halogens is 1. The normalized spacial score (nSPS) is 10.3. The van der Waals surface area contributed by atoms with E-state index in [-0.39, 0.29) is 11.8 Å². The molecule has 0 radical (unpaired) electrons. The molecule has 0 atom stereocenters. The molecule has 0 bridgehead atoms. The van der Waals surface area contributed by atoms with Gasteiger partial charge in [0.25, 0.3) is 11.8 Å². The molecule has 0 saturated carbocycles. The fraction of sp³-hybridized carbons (Fsp3) is 0.130. The van der Waals surface area contributed by atoms with Crippen LogP contribution in [-0.4, -0.2) is 18.4 Å². The minimum Gasteiger partial charge on any atom is -0.494 e. The Morgan fingerprint density at radius 3 is 2.41 bits per heavy atom. The van der Waals surface area contributed by atoms with Crippen molar-refractivity contribution in [2.24, 2.45) is 0 Å². The SMILES string of the molecule is CCOc1cccc(C(=O)NCc2cccc(NC(=O)c3ccc(F)cc3)c2)c1. The Morgan fingerprint density at radius 2 is 1.66 bits per heavy atom. The number of rotatable bonds is 7. The zero-order valence-corrected chi connectivity index (χ0v) is 15.9. The van der Waals surface area contributed by atoms with Crippen molar-refractivity contribution in [2.45, 2.75) is 13.5 Å². The Labute approximate surface area is 168 Å². The molecule has 2 N–H and O–H groups in total. The number of amides is 2. The molecular weight excluding hydrogens is 371 g/mol. The van der Waals surface area contributed by atoms with Gasteiger partial charge in [0.2, 0.25) is 0 Å². The Kier molecular flexibility index (Phi) is 6.58. The van der Waals surface area contributed by atoms with Gasteiger partial charge in [0, 0.05) is 23.4 Å². The van der Waals surface area contributed by atoms with Gasteiger partial charge in [0.05, 0.1) is 6.61 Å². The summed E-state index contributed by atoms with van der Waals surface area (Å²) in [6.45, 7) is 2.72. The Balaban J connectivity index is 1.61. The van der Waals surface area contributed by atoms with E-state index >= 15 is 0 Å². The number of nitrogens with one attached hydrogen (secondary N) is 2. The predicted molar refractivity (Wildman–Crippen MR) is 110 cm³/mol. The summed E-state index contributed by atoms with van der Waals surface area (Å²) in [4.78, 5) is 24.6. The second-order valence-electron chi connectivity index (χ2n) is 6.30. The van der Waals surface area contributed by atoms with Crippen molar-refractivity contribution in [3.63, 3.8) is 0 Å². The van der Waals surface area contributed by atoms with Gasteiger partial charge in [-0.15, -0.1) is 0 Å². The van der Waals surface area contributed by atoms with E-state index in [2.05, 4.69) is 10.6 Å². The highest BCUT2D eigenvalue weighted by Crippen LogP contribution is 2.15. The van der Waals surface area contributed by atoms with E-state index in [0.29, 0.717) is 35.7 Å². The van der Waals surface area contributed by atoms with Crippen LogP contribution in [0.25, 0.3) is 0 Å². The molecule has 0 fully saturated rings. The second kappa shape index (κ2) is 9.50. The van der Waals surface area contributed by atoms with Crippen molar-refractivity contribution in [1.82, 2.24) is 5.32 Å². The average Bonchev–Trinajstić information content (AvgIpc) is 2.73. The van der Waals surface area contributed by atoms with Crippen LogP contribution in [0, 0.1) is 5.82 Å². The van der Waals surface area contributed by atoms with Crippen LogP contribution in [0.3, 0.4) is 0 Å². The van der Waals surface area contributed by atoms with Gasteiger partial charge in [0.15, 0.2) is 0 Å². The molecule has 3 aromatic rings. The van der Waals surface area contributed by atoms with Gasteiger partial charge in [-0.25, -0.2) is 4.39 Å². The molecule has 0 aromatic heterocycles. The third kappa shape index (κ3) is 5.65. The zero-order valence-electron chi connectivity index (χ0n) is 15.9. The molecule has 29 heavy (non-hydrogen) atoms. The number of hydrogen-bond donors (Lipinski definition) is 2. The average molecular weight is 392 g/mol. The first kappa shape index (κ1) is 20.1. The smallest absolute Gasteiger partial charge is 0.255 e. The number of ether oxygens (including phenoxy) is 1. The standard InChI is InChI=1S/C23H21FN2O3/c1-2-29-21-8-4-6-18(14-21)22(27)25-15-16-5-3-7-20(13-16)26-23(28)17-9-11-19(24)12-10-17/h3-14H,2,15H2,1H3,(H,25,27)(H,26,28). The van der Waals surface area contributed by atoms with Crippen molar-refractivity contribution >= 4 is 17.5 Å². The van der Waals surface area contributed by atoms with Crippen molar-refractivity contribution in [1.29, 1.82) is 0 Å². The maximum atomic E-state index is 13.0. The maximum Gasteiger partial charge on any atom is 0.255 e. The maximum absolute atomic E-state index is 13.0. The summed E-state index contributed by atoms with van der Waals surface area (Å²) >= 11 is 0. The molecule has 0 aliphatic rings. The Hall–Kier alpha value is -3.67. The third-order valence-corrected chi connectivity index (χ3v) is 4.15. The molecule has 0 saturated heterocycles. The van der Waals surface area contributed by atoms with E-state index in [0.717, 1.165) is 5.56 Å². The number of carbonyl (C=O) groups excluding carboxylic acids is 2. The largest absolute Gasteiger partial charge is 0.494 e. The highest BCUT2D eigenvalue weighted by molar-refractivity contribution is 6.04. The fourth-order valence-electron chi connectivity index (χ4n) is 2.74. The summed E-state index contributed by atoms with van der Waals surface area (Å²) in [6.07, 6.45) is 0. The molecular formula is C23H21FN2O3. The quantitative estimate of drug-likeness (QED) is 0.626. The van der Waals surface area contributed by atoms with Gasteiger partial charge in [-0.3, -0.25) is 9.59 Å². The molecule has 3 rings (SSSR count). The molecule has 0 aliphatic carbocycles. The van der Waals surface area contributed by atoms with E-state index in [9.17, 15) is 14.0 Å². The number of hydrogen-bond acceptors (Lipinski definition) is 3. The minimum atomic E-state index is -0.397. The molecule has 3 aromatic carbocycles. The van der Waals surface area contributed by atoms with E-state index in [1.54, 1.807) is 42.5 Å². The lowest BCUT2D eigenvalue weighted by Gasteiger charge is -2.10. The monoisotopic (exact) mass is 392 g/mol. The van der Waals surface area contributed by atoms with Crippen LogP contribution in [0.15, 0.2) is 72.8 Å². The molecule has 0 spiro atoms. The lowest BCUT2D eigenvalue weighted by molar-refractivity contribution is 0.0949. The number of anilines is 1. The molecule has 6 heteroatoms. The van der Waals surface area contributed by atoms with Crippen LogP contribution >= 0.6 is 0 Å². The van der Waals surface area contributed by atoms with Crippen molar-refractivity contribution in [3.8, 4) is 5.75 Å². The minimum absolute atomic E-state index is 0.215. The van der Waals surface area contributed by atoms with Crippen LogP contribution in [-0.2, 0) is 6.54 Å². The molecule has 0 heterocycles. The Morgan fingerprint density at radius 1 is 0.897 bits per heavy atom. The molecule has 0 aliphatic heterocycles. The first-order valence-electron chi connectivity index (χ1n) is 9.22. The van der Waals surface area contributed by atoms with Gasteiger partial charge < -0.3 is 15.4 Å². The van der Waals surface area contributed by atoms with E-state index in [1.807, 2.05) is 13.0 Å². The van der Waals surface area contributed by atoms with Crippen LogP contribution in [0.1, 0.15) is 33.2 Å². The molecule has 2 amide bonds. The van der Waals surface area contributed by atoms with Gasteiger partial charge in [-0.2, -0.15) is 0 Å². The second-order valence-corrected chi connectivity index (χ2v) is 6.30. The van der Waals surface area contributed by atoms with Gasteiger partial charge in [-0.05, 0) is 67.1 Å². The summed E-state index contributed by atoms with van der Waals surface area (Å²) in [5, 5.41) is 5.62. The van der Waals surface area contributed by atoms with E-state index in [1.165, 1.54) is 24.3 Å². The summed E-state index contributed by atoms with van der Waals surface area (Å²) in [6, 6.07) is 19.5.